The van der Waals surface area contributed by atoms with Gasteiger partial charge in [0.15, 0.2) is 0 Å². The minimum absolute atomic E-state index is 0.170. The summed E-state index contributed by atoms with van der Waals surface area (Å²) >= 11 is 0. The highest BCUT2D eigenvalue weighted by Crippen LogP contribution is 2.22. The number of rotatable bonds is 4. The Morgan fingerprint density at radius 3 is 2.46 bits per heavy atom. The van der Waals surface area contributed by atoms with Crippen LogP contribution in [-0.4, -0.2) is 54.4 Å². The third-order valence-corrected chi connectivity index (χ3v) is 5.13. The van der Waals surface area contributed by atoms with Gasteiger partial charge in [0.1, 0.15) is 5.75 Å². The molecular weight excluding hydrogens is 304 g/mol. The molecule has 2 heterocycles. The van der Waals surface area contributed by atoms with E-state index in [1.165, 1.54) is 0 Å². The summed E-state index contributed by atoms with van der Waals surface area (Å²) in [5.74, 6) is 1.27. The van der Waals surface area contributed by atoms with Crippen LogP contribution in [-0.2, 0) is 16.0 Å². The number of ether oxygens (including phenoxy) is 1. The van der Waals surface area contributed by atoms with Gasteiger partial charge in [-0.05, 0) is 43.4 Å². The molecule has 2 aliphatic rings. The van der Waals surface area contributed by atoms with Crippen LogP contribution in [0.25, 0.3) is 0 Å². The summed E-state index contributed by atoms with van der Waals surface area (Å²) in [7, 11) is 1.64. The van der Waals surface area contributed by atoms with Crippen LogP contribution in [0.15, 0.2) is 24.3 Å². The normalized spacial score (nSPS) is 19.5. The second-order valence-corrected chi connectivity index (χ2v) is 6.68. The molecule has 24 heavy (non-hydrogen) atoms. The fourth-order valence-corrected chi connectivity index (χ4v) is 3.67. The number of methoxy groups -OCH3 is 1. The SMILES string of the molecule is COc1ccc(CC(=O)N2CCC(N3CCCCC3=O)CC2)cc1. The summed E-state index contributed by atoms with van der Waals surface area (Å²) in [4.78, 5) is 28.5. The Labute approximate surface area is 143 Å². The van der Waals surface area contributed by atoms with Gasteiger partial charge in [-0.3, -0.25) is 9.59 Å². The first kappa shape index (κ1) is 16.8. The molecule has 130 valence electrons. The highest BCUT2D eigenvalue weighted by molar-refractivity contribution is 5.79. The number of carbonyl (C=O) groups is 2. The van der Waals surface area contributed by atoms with Gasteiger partial charge < -0.3 is 14.5 Å². The summed E-state index contributed by atoms with van der Waals surface area (Å²) in [6, 6.07) is 7.97. The highest BCUT2D eigenvalue weighted by Gasteiger charge is 2.30. The number of carbonyl (C=O) groups excluding carboxylic acids is 2. The van der Waals surface area contributed by atoms with E-state index in [0.29, 0.717) is 24.8 Å². The van der Waals surface area contributed by atoms with E-state index in [1.807, 2.05) is 29.2 Å². The van der Waals surface area contributed by atoms with Gasteiger partial charge in [0, 0.05) is 32.1 Å². The smallest absolute Gasteiger partial charge is 0.226 e. The first-order chi connectivity index (χ1) is 11.7. The Kier molecular flexibility index (Phi) is 5.38. The number of hydrogen-bond acceptors (Lipinski definition) is 3. The fourth-order valence-electron chi connectivity index (χ4n) is 3.67. The van der Waals surface area contributed by atoms with Crippen molar-refractivity contribution < 1.29 is 14.3 Å². The zero-order valence-corrected chi connectivity index (χ0v) is 14.4. The lowest BCUT2D eigenvalue weighted by molar-refractivity contribution is -0.138. The third kappa shape index (κ3) is 3.89. The molecule has 5 nitrogen and oxygen atoms in total. The Morgan fingerprint density at radius 2 is 1.83 bits per heavy atom. The number of amides is 2. The van der Waals surface area contributed by atoms with E-state index in [2.05, 4.69) is 4.90 Å². The number of piperidine rings is 2. The largest absolute Gasteiger partial charge is 0.497 e. The Bertz CT molecular complexity index is 577. The second-order valence-electron chi connectivity index (χ2n) is 6.68. The van der Waals surface area contributed by atoms with Crippen molar-refractivity contribution in [3.05, 3.63) is 29.8 Å². The minimum Gasteiger partial charge on any atom is -0.497 e. The van der Waals surface area contributed by atoms with Gasteiger partial charge in [-0.25, -0.2) is 0 Å². The van der Waals surface area contributed by atoms with Gasteiger partial charge in [0.05, 0.1) is 13.5 Å². The standard InChI is InChI=1S/C19H26N2O3/c1-24-17-7-5-15(6-8-17)14-19(23)20-12-9-16(10-13-20)21-11-3-2-4-18(21)22/h5-8,16H,2-4,9-14H2,1H3. The molecule has 2 fully saturated rings. The van der Waals surface area contributed by atoms with Gasteiger partial charge in [0.2, 0.25) is 11.8 Å². The molecule has 0 atom stereocenters. The van der Waals surface area contributed by atoms with Crippen LogP contribution in [0.3, 0.4) is 0 Å². The lowest BCUT2D eigenvalue weighted by Crippen LogP contribution is -2.50. The second kappa shape index (κ2) is 7.69. The molecule has 2 amide bonds. The maximum atomic E-state index is 12.5. The van der Waals surface area contributed by atoms with Crippen molar-refractivity contribution in [1.82, 2.24) is 9.80 Å². The van der Waals surface area contributed by atoms with Gasteiger partial charge in [-0.2, -0.15) is 0 Å². The molecule has 0 aromatic heterocycles. The van der Waals surface area contributed by atoms with E-state index < -0.39 is 0 Å². The lowest BCUT2D eigenvalue weighted by Gasteiger charge is -2.40. The van der Waals surface area contributed by atoms with Crippen LogP contribution in [0.5, 0.6) is 5.75 Å². The van der Waals surface area contributed by atoms with E-state index in [0.717, 1.165) is 56.6 Å². The summed E-state index contributed by atoms with van der Waals surface area (Å²) in [6.07, 6.45) is 5.06. The average molecular weight is 330 g/mol. The van der Waals surface area contributed by atoms with Crippen LogP contribution in [0.1, 0.15) is 37.7 Å². The van der Waals surface area contributed by atoms with Crippen molar-refractivity contribution in [2.24, 2.45) is 0 Å². The summed E-state index contributed by atoms with van der Waals surface area (Å²) in [5.41, 5.74) is 1.01. The first-order valence-corrected chi connectivity index (χ1v) is 8.87. The molecule has 0 saturated carbocycles. The van der Waals surface area contributed by atoms with E-state index in [-0.39, 0.29) is 5.91 Å². The Balaban J connectivity index is 1.50. The van der Waals surface area contributed by atoms with E-state index in [1.54, 1.807) is 7.11 Å². The molecule has 0 bridgehead atoms. The van der Waals surface area contributed by atoms with Crippen molar-refractivity contribution in [2.45, 2.75) is 44.6 Å². The quantitative estimate of drug-likeness (QED) is 0.851. The van der Waals surface area contributed by atoms with Crippen LogP contribution >= 0.6 is 0 Å². The molecule has 0 unspecified atom stereocenters. The van der Waals surface area contributed by atoms with Gasteiger partial charge in [-0.15, -0.1) is 0 Å². The molecule has 2 aliphatic heterocycles. The first-order valence-electron chi connectivity index (χ1n) is 8.87. The number of nitrogens with zero attached hydrogens (tertiary/aromatic N) is 2. The average Bonchev–Trinajstić information content (AvgIpc) is 2.63. The summed E-state index contributed by atoms with van der Waals surface area (Å²) in [5, 5.41) is 0. The molecule has 3 rings (SSSR count). The highest BCUT2D eigenvalue weighted by atomic mass is 16.5. The third-order valence-electron chi connectivity index (χ3n) is 5.13. The molecule has 0 radical (unpaired) electrons. The summed E-state index contributed by atoms with van der Waals surface area (Å²) in [6.45, 7) is 2.40. The Morgan fingerprint density at radius 1 is 1.12 bits per heavy atom. The van der Waals surface area contributed by atoms with E-state index in [9.17, 15) is 9.59 Å². The predicted molar refractivity (Wildman–Crippen MR) is 91.9 cm³/mol. The molecule has 5 heteroatoms. The van der Waals surface area contributed by atoms with Crippen LogP contribution in [0.4, 0.5) is 0 Å². The number of hydrogen-bond donors (Lipinski definition) is 0. The van der Waals surface area contributed by atoms with E-state index >= 15 is 0 Å². The van der Waals surface area contributed by atoms with Gasteiger partial charge >= 0.3 is 0 Å². The van der Waals surface area contributed by atoms with Gasteiger partial charge in [0.25, 0.3) is 0 Å². The van der Waals surface area contributed by atoms with Crippen LogP contribution in [0, 0.1) is 0 Å². The van der Waals surface area contributed by atoms with Crippen molar-refractivity contribution in [2.75, 3.05) is 26.7 Å². The number of benzene rings is 1. The predicted octanol–water partition coefficient (Wildman–Crippen LogP) is 2.24. The van der Waals surface area contributed by atoms with Crippen molar-refractivity contribution in [3.8, 4) is 5.75 Å². The van der Waals surface area contributed by atoms with Crippen molar-refractivity contribution in [3.63, 3.8) is 0 Å². The Hall–Kier alpha value is -2.04. The van der Waals surface area contributed by atoms with E-state index in [4.69, 9.17) is 4.74 Å². The monoisotopic (exact) mass is 330 g/mol. The van der Waals surface area contributed by atoms with Crippen molar-refractivity contribution in [1.29, 1.82) is 0 Å². The zero-order chi connectivity index (χ0) is 16.9. The van der Waals surface area contributed by atoms with Crippen LogP contribution in [0.2, 0.25) is 0 Å². The van der Waals surface area contributed by atoms with Crippen molar-refractivity contribution >= 4 is 11.8 Å². The fraction of sp³-hybridized carbons (Fsp3) is 0.579. The zero-order valence-electron chi connectivity index (χ0n) is 14.4. The maximum absolute atomic E-state index is 12.5. The molecule has 1 aromatic rings. The molecule has 2 saturated heterocycles. The lowest BCUT2D eigenvalue weighted by atomic mass is 9.99. The number of likely N-dealkylation sites (tertiary alicyclic amines) is 2. The topological polar surface area (TPSA) is 49.9 Å². The molecule has 0 spiro atoms. The summed E-state index contributed by atoms with van der Waals surface area (Å²) < 4.78 is 5.14. The molecular formula is C19H26N2O3. The van der Waals surface area contributed by atoms with Crippen LogP contribution < -0.4 is 4.74 Å². The minimum atomic E-state index is 0.170. The van der Waals surface area contributed by atoms with Gasteiger partial charge in [-0.1, -0.05) is 12.1 Å². The molecule has 0 N–H and O–H groups in total. The maximum Gasteiger partial charge on any atom is 0.226 e. The molecule has 0 aliphatic carbocycles. The molecule has 1 aromatic carbocycles.